The number of hydrogen-bond donors (Lipinski definition) is 1. The number of nitrogens with one attached hydrogen (secondary N) is 1. The quantitative estimate of drug-likeness (QED) is 0.270. The average molecular weight is 500 g/mol. The van der Waals surface area contributed by atoms with Crippen molar-refractivity contribution in [2.45, 2.75) is 26.2 Å². The molecule has 0 saturated carbocycles. The Bertz CT molecular complexity index is 1360. The normalized spacial score (nSPS) is 12.4. The molecular formula is C26H21Cl3N2O2. The van der Waals surface area contributed by atoms with E-state index in [1.165, 1.54) is 11.6 Å². The van der Waals surface area contributed by atoms with E-state index in [4.69, 9.17) is 39.2 Å². The summed E-state index contributed by atoms with van der Waals surface area (Å²) in [5.41, 5.74) is 4.57. The first-order chi connectivity index (χ1) is 15.8. The fraction of sp³-hybridized carbons (Fsp3) is 0.154. The van der Waals surface area contributed by atoms with Gasteiger partial charge in [0.15, 0.2) is 5.58 Å². The topological polar surface area (TPSA) is 55.1 Å². The van der Waals surface area contributed by atoms with E-state index in [0.29, 0.717) is 49.3 Å². The van der Waals surface area contributed by atoms with Crippen molar-refractivity contribution in [3.63, 3.8) is 0 Å². The Morgan fingerprint density at radius 1 is 1.06 bits per heavy atom. The van der Waals surface area contributed by atoms with Crippen LogP contribution in [0.4, 0.5) is 5.69 Å². The van der Waals surface area contributed by atoms with Crippen LogP contribution in [0.1, 0.15) is 37.3 Å². The molecule has 4 rings (SSSR count). The van der Waals surface area contributed by atoms with Crippen LogP contribution in [0.3, 0.4) is 0 Å². The second-order valence-corrected chi connectivity index (χ2v) is 8.99. The van der Waals surface area contributed by atoms with Crippen molar-refractivity contribution in [2.24, 2.45) is 0 Å². The van der Waals surface area contributed by atoms with E-state index in [-0.39, 0.29) is 5.91 Å². The van der Waals surface area contributed by atoms with Gasteiger partial charge in [-0.3, -0.25) is 4.79 Å². The molecule has 1 heterocycles. The lowest BCUT2D eigenvalue weighted by Crippen LogP contribution is -2.08. The Morgan fingerprint density at radius 3 is 2.64 bits per heavy atom. The SMILES string of the molecule is CC[C@H](C)c1ccc2oc(-c3ccc(Cl)c(NC(=O)/C=C/c4ccc(Cl)cc4Cl)c3)nc2c1. The van der Waals surface area contributed by atoms with Crippen LogP contribution in [0.2, 0.25) is 15.1 Å². The third-order valence-corrected chi connectivity index (χ3v) is 6.33. The van der Waals surface area contributed by atoms with Crippen molar-refractivity contribution in [3.8, 4) is 11.5 Å². The van der Waals surface area contributed by atoms with Gasteiger partial charge in [0, 0.05) is 21.7 Å². The fourth-order valence-electron chi connectivity index (χ4n) is 3.34. The zero-order chi connectivity index (χ0) is 23.5. The Hall–Kier alpha value is -2.79. The third-order valence-electron chi connectivity index (χ3n) is 5.44. The van der Waals surface area contributed by atoms with Crippen molar-refractivity contribution < 1.29 is 9.21 Å². The number of aromatic nitrogens is 1. The van der Waals surface area contributed by atoms with Crippen molar-refractivity contribution in [2.75, 3.05) is 5.32 Å². The van der Waals surface area contributed by atoms with Gasteiger partial charge >= 0.3 is 0 Å². The molecule has 33 heavy (non-hydrogen) atoms. The van der Waals surface area contributed by atoms with E-state index in [1.54, 1.807) is 36.4 Å². The minimum absolute atomic E-state index is 0.351. The van der Waals surface area contributed by atoms with Gasteiger partial charge in [0.1, 0.15) is 5.52 Å². The highest BCUT2D eigenvalue weighted by Gasteiger charge is 2.13. The molecule has 0 bridgehead atoms. The smallest absolute Gasteiger partial charge is 0.248 e. The Kier molecular flexibility index (Phi) is 7.08. The van der Waals surface area contributed by atoms with E-state index in [0.717, 1.165) is 11.9 Å². The summed E-state index contributed by atoms with van der Waals surface area (Å²) in [4.78, 5) is 17.1. The van der Waals surface area contributed by atoms with Crippen LogP contribution in [0, 0.1) is 0 Å². The number of nitrogens with zero attached hydrogens (tertiary/aromatic N) is 1. The van der Waals surface area contributed by atoms with Crippen molar-refractivity contribution in [1.82, 2.24) is 4.98 Å². The summed E-state index contributed by atoms with van der Waals surface area (Å²) >= 11 is 18.4. The summed E-state index contributed by atoms with van der Waals surface area (Å²) in [6.07, 6.45) is 4.05. The molecule has 1 aromatic heterocycles. The lowest BCUT2D eigenvalue weighted by atomic mass is 9.98. The maximum atomic E-state index is 12.5. The highest BCUT2D eigenvalue weighted by Crippen LogP contribution is 2.32. The lowest BCUT2D eigenvalue weighted by Gasteiger charge is -2.07. The van der Waals surface area contributed by atoms with E-state index < -0.39 is 0 Å². The first kappa shape index (κ1) is 23.4. The molecule has 168 valence electrons. The minimum atomic E-state index is -0.351. The first-order valence-corrected chi connectivity index (χ1v) is 11.6. The van der Waals surface area contributed by atoms with E-state index >= 15 is 0 Å². The van der Waals surface area contributed by atoms with Crippen LogP contribution in [0.25, 0.3) is 28.6 Å². The zero-order valence-electron chi connectivity index (χ0n) is 18.0. The van der Waals surface area contributed by atoms with Crippen LogP contribution < -0.4 is 5.32 Å². The van der Waals surface area contributed by atoms with Gasteiger partial charge in [0.05, 0.1) is 10.7 Å². The van der Waals surface area contributed by atoms with Crippen LogP contribution >= 0.6 is 34.8 Å². The lowest BCUT2D eigenvalue weighted by molar-refractivity contribution is -0.111. The van der Waals surface area contributed by atoms with Gasteiger partial charge in [-0.15, -0.1) is 0 Å². The molecular weight excluding hydrogens is 479 g/mol. The Morgan fingerprint density at radius 2 is 1.88 bits per heavy atom. The summed E-state index contributed by atoms with van der Waals surface area (Å²) in [6.45, 7) is 4.34. The van der Waals surface area contributed by atoms with Crippen molar-refractivity contribution in [1.29, 1.82) is 0 Å². The zero-order valence-corrected chi connectivity index (χ0v) is 20.3. The van der Waals surface area contributed by atoms with Gasteiger partial charge in [-0.05, 0) is 72.0 Å². The molecule has 3 aromatic carbocycles. The highest BCUT2D eigenvalue weighted by atomic mass is 35.5. The number of hydrogen-bond acceptors (Lipinski definition) is 3. The number of carbonyl (C=O) groups excluding carboxylic acids is 1. The molecule has 0 radical (unpaired) electrons. The van der Waals surface area contributed by atoms with E-state index in [2.05, 4.69) is 36.3 Å². The van der Waals surface area contributed by atoms with Gasteiger partial charge in [-0.1, -0.05) is 60.8 Å². The van der Waals surface area contributed by atoms with Crippen LogP contribution in [0.5, 0.6) is 0 Å². The number of oxazole rings is 1. The molecule has 7 heteroatoms. The Labute approximate surface area is 207 Å². The van der Waals surface area contributed by atoms with Gasteiger partial charge < -0.3 is 9.73 Å². The van der Waals surface area contributed by atoms with Crippen molar-refractivity contribution >= 4 is 63.6 Å². The third kappa shape index (κ3) is 5.41. The molecule has 0 aliphatic heterocycles. The number of amides is 1. The summed E-state index contributed by atoms with van der Waals surface area (Å²) in [7, 11) is 0. The average Bonchev–Trinajstić information content (AvgIpc) is 3.23. The predicted molar refractivity (Wildman–Crippen MR) is 137 cm³/mol. The second-order valence-electron chi connectivity index (χ2n) is 7.74. The van der Waals surface area contributed by atoms with Crippen LogP contribution in [-0.2, 0) is 4.79 Å². The number of carbonyl (C=O) groups is 1. The molecule has 0 saturated heterocycles. The van der Waals surface area contributed by atoms with Gasteiger partial charge in [-0.25, -0.2) is 4.98 Å². The van der Waals surface area contributed by atoms with E-state index in [1.807, 2.05) is 12.1 Å². The first-order valence-electron chi connectivity index (χ1n) is 10.5. The monoisotopic (exact) mass is 498 g/mol. The molecule has 4 nitrogen and oxygen atoms in total. The molecule has 1 atom stereocenters. The molecule has 0 fully saturated rings. The molecule has 0 aliphatic rings. The summed E-state index contributed by atoms with van der Waals surface area (Å²) in [5, 5.41) is 4.18. The predicted octanol–water partition coefficient (Wildman–Crippen LogP) is 8.62. The number of rotatable bonds is 6. The van der Waals surface area contributed by atoms with Gasteiger partial charge in [-0.2, -0.15) is 0 Å². The number of anilines is 1. The molecule has 0 aliphatic carbocycles. The van der Waals surface area contributed by atoms with Crippen LogP contribution in [0.15, 0.2) is 65.1 Å². The van der Waals surface area contributed by atoms with Crippen LogP contribution in [-0.4, -0.2) is 10.9 Å². The number of benzene rings is 3. The van der Waals surface area contributed by atoms with Gasteiger partial charge in [0.25, 0.3) is 0 Å². The molecule has 0 unspecified atom stereocenters. The van der Waals surface area contributed by atoms with Gasteiger partial charge in [0.2, 0.25) is 11.8 Å². The maximum absolute atomic E-state index is 12.5. The molecule has 4 aromatic rings. The fourth-order valence-corrected chi connectivity index (χ4v) is 3.98. The minimum Gasteiger partial charge on any atom is -0.436 e. The molecule has 1 N–H and O–H groups in total. The maximum Gasteiger partial charge on any atom is 0.248 e. The number of halogens is 3. The molecule has 1 amide bonds. The summed E-state index contributed by atoms with van der Waals surface area (Å²) < 4.78 is 5.94. The summed E-state index contributed by atoms with van der Waals surface area (Å²) in [6, 6.07) is 16.4. The van der Waals surface area contributed by atoms with Crippen molar-refractivity contribution in [3.05, 3.63) is 86.9 Å². The Balaban J connectivity index is 1.56. The largest absolute Gasteiger partial charge is 0.436 e. The highest BCUT2D eigenvalue weighted by molar-refractivity contribution is 6.35. The standard InChI is InChI=1S/C26H21Cl3N2O2/c1-3-15(2)17-6-10-24-23(12-17)31-26(33-24)18-5-9-20(28)22(13-18)30-25(32)11-7-16-4-8-19(27)14-21(16)29/h4-15H,3H2,1-2H3,(H,30,32)/b11-7+/t15-/m0/s1. The molecule has 0 spiro atoms. The summed E-state index contributed by atoms with van der Waals surface area (Å²) in [5.74, 6) is 0.556. The van der Waals surface area contributed by atoms with E-state index in [9.17, 15) is 4.79 Å². The number of fused-ring (bicyclic) bond motifs is 1. The second kappa shape index (κ2) is 10.0.